The molecular weight excluding hydrogens is 302 g/mol. The van der Waals surface area contributed by atoms with Crippen LogP contribution in [0, 0.1) is 6.92 Å². The van der Waals surface area contributed by atoms with Crippen molar-refractivity contribution < 1.29 is 9.90 Å². The van der Waals surface area contributed by atoms with E-state index in [-0.39, 0.29) is 17.1 Å². The van der Waals surface area contributed by atoms with Crippen molar-refractivity contribution in [2.24, 2.45) is 10.2 Å². The fourth-order valence-corrected chi connectivity index (χ4v) is 2.44. The average molecular weight is 314 g/mol. The first-order valence-corrected chi connectivity index (χ1v) is 6.96. The minimum Gasteiger partial charge on any atom is -0.493 e. The van der Waals surface area contributed by atoms with E-state index < -0.39 is 5.91 Å². The van der Waals surface area contributed by atoms with E-state index in [4.69, 9.17) is 11.6 Å². The summed E-state index contributed by atoms with van der Waals surface area (Å²) in [6.07, 6.45) is 0. The largest absolute Gasteiger partial charge is 0.493 e. The molecule has 3 rings (SSSR count). The zero-order valence-electron chi connectivity index (χ0n) is 11.7. The number of H-pyrrole nitrogens is 1. The molecule has 0 aliphatic rings. The van der Waals surface area contributed by atoms with Gasteiger partial charge in [-0.2, -0.15) is 0 Å². The normalized spacial score (nSPS) is 11.4. The zero-order valence-corrected chi connectivity index (χ0v) is 12.4. The van der Waals surface area contributed by atoms with E-state index in [1.54, 1.807) is 30.3 Å². The van der Waals surface area contributed by atoms with Crippen molar-refractivity contribution in [1.29, 1.82) is 0 Å². The molecule has 2 N–H and O–H groups in total. The average Bonchev–Trinajstić information content (AvgIpc) is 2.82. The third-order valence-corrected chi connectivity index (χ3v) is 3.67. The van der Waals surface area contributed by atoms with Crippen LogP contribution in [-0.4, -0.2) is 16.0 Å². The molecule has 0 atom stereocenters. The molecule has 0 saturated carbocycles. The quantitative estimate of drug-likeness (QED) is 0.669. The van der Waals surface area contributed by atoms with Crippen molar-refractivity contribution in [2.75, 3.05) is 0 Å². The fraction of sp³-hybridized carbons (Fsp3) is 0.0625. The van der Waals surface area contributed by atoms with Gasteiger partial charge in [-0.25, -0.2) is 0 Å². The summed E-state index contributed by atoms with van der Waals surface area (Å²) >= 11 is 5.95. The summed E-state index contributed by atoms with van der Waals surface area (Å²) in [6.45, 7) is 1.91. The minimum absolute atomic E-state index is 0.125. The Labute approximate surface area is 131 Å². The number of benzene rings is 2. The lowest BCUT2D eigenvalue weighted by Crippen LogP contribution is -1.94. The summed E-state index contributed by atoms with van der Waals surface area (Å²) in [6, 6.07) is 12.2. The van der Waals surface area contributed by atoms with E-state index in [1.807, 2.05) is 19.1 Å². The number of halogens is 1. The first-order valence-electron chi connectivity index (χ1n) is 6.59. The summed E-state index contributed by atoms with van der Waals surface area (Å²) < 4.78 is 0. The van der Waals surface area contributed by atoms with Gasteiger partial charge in [0.15, 0.2) is 5.69 Å². The first kappa shape index (κ1) is 14.3. The van der Waals surface area contributed by atoms with Gasteiger partial charge < -0.3 is 10.1 Å². The van der Waals surface area contributed by atoms with Crippen LogP contribution < -0.4 is 0 Å². The minimum atomic E-state index is -0.563. The maximum Gasteiger partial charge on any atom is 0.296 e. The molecule has 2 aromatic carbocycles. The predicted octanol–water partition coefficient (Wildman–Crippen LogP) is 4.76. The third-order valence-electron chi connectivity index (χ3n) is 3.34. The molecule has 3 aromatic rings. The van der Waals surface area contributed by atoms with Crippen molar-refractivity contribution in [3.05, 3.63) is 58.6 Å². The van der Waals surface area contributed by atoms with Gasteiger partial charge in [-0.3, -0.25) is 4.79 Å². The van der Waals surface area contributed by atoms with Crippen molar-refractivity contribution in [2.45, 2.75) is 6.92 Å². The number of azo groups is 1. The topological polar surface area (TPSA) is 77.8 Å². The molecule has 0 radical (unpaired) electrons. The number of nitrogens with zero attached hydrogens (tertiary/aromatic N) is 2. The van der Waals surface area contributed by atoms with Crippen molar-refractivity contribution in [3.8, 4) is 5.88 Å². The second-order valence-corrected chi connectivity index (χ2v) is 5.21. The second-order valence-electron chi connectivity index (χ2n) is 4.80. The maximum atomic E-state index is 12.0. The summed E-state index contributed by atoms with van der Waals surface area (Å²) in [5.41, 5.74) is 2.23. The predicted molar refractivity (Wildman–Crippen MR) is 85.0 cm³/mol. The molecule has 0 aliphatic heterocycles. The van der Waals surface area contributed by atoms with Crippen LogP contribution in [0.1, 0.15) is 15.9 Å². The maximum absolute atomic E-state index is 12.0. The van der Waals surface area contributed by atoms with E-state index in [9.17, 15) is 9.90 Å². The van der Waals surface area contributed by atoms with Crippen LogP contribution in [0.5, 0.6) is 5.88 Å². The van der Waals surface area contributed by atoms with Gasteiger partial charge in [0.05, 0.1) is 16.1 Å². The molecule has 22 heavy (non-hydrogen) atoms. The number of carbonyl (C=O) groups excluding carboxylic acids is 1. The van der Waals surface area contributed by atoms with E-state index >= 15 is 0 Å². The van der Waals surface area contributed by atoms with Crippen LogP contribution >= 0.6 is 11.6 Å². The van der Waals surface area contributed by atoms with Crippen LogP contribution in [0.2, 0.25) is 5.02 Å². The Morgan fingerprint density at radius 2 is 1.95 bits per heavy atom. The van der Waals surface area contributed by atoms with Crippen molar-refractivity contribution >= 4 is 34.1 Å². The number of rotatable bonds is 2. The van der Waals surface area contributed by atoms with Crippen LogP contribution in [-0.2, 0) is 0 Å². The summed E-state index contributed by atoms with van der Waals surface area (Å²) in [7, 11) is 0. The first-order chi connectivity index (χ1) is 10.6. The molecule has 0 aliphatic carbocycles. The van der Waals surface area contributed by atoms with Crippen LogP contribution in [0.25, 0.3) is 10.9 Å². The van der Waals surface area contributed by atoms with Gasteiger partial charge in [-0.15, -0.1) is 10.2 Å². The Kier molecular flexibility index (Phi) is 3.65. The monoisotopic (exact) mass is 313 g/mol. The van der Waals surface area contributed by atoms with Gasteiger partial charge in [0.2, 0.25) is 5.88 Å². The van der Waals surface area contributed by atoms with Gasteiger partial charge in [-0.05, 0) is 24.6 Å². The Morgan fingerprint density at radius 1 is 1.18 bits per heavy atom. The lowest BCUT2D eigenvalue weighted by Gasteiger charge is -1.97. The van der Waals surface area contributed by atoms with Gasteiger partial charge in [-0.1, -0.05) is 41.9 Å². The van der Waals surface area contributed by atoms with Gasteiger partial charge in [0, 0.05) is 5.39 Å². The molecule has 0 bridgehead atoms. The van der Waals surface area contributed by atoms with Crippen molar-refractivity contribution in [1.82, 2.24) is 4.98 Å². The SMILES string of the molecule is Cc1cccc2c(N=NC(=O)c3ccccc3Cl)c(O)[nH]c12. The zero-order chi connectivity index (χ0) is 15.7. The third kappa shape index (κ3) is 2.46. The number of fused-ring (bicyclic) bond motifs is 1. The Morgan fingerprint density at radius 3 is 2.73 bits per heavy atom. The molecule has 0 fully saturated rings. The van der Waals surface area contributed by atoms with Gasteiger partial charge in [0.1, 0.15) is 0 Å². The fourth-order valence-electron chi connectivity index (χ4n) is 2.22. The van der Waals surface area contributed by atoms with E-state index in [2.05, 4.69) is 15.2 Å². The number of aromatic amines is 1. The number of para-hydroxylation sites is 1. The standard InChI is InChI=1S/C16H12ClN3O2/c1-9-5-4-7-11-13(9)18-16(22)14(11)19-20-15(21)10-6-2-3-8-12(10)17/h2-8,18,22H,1H3. The molecular formula is C16H12ClN3O2. The number of aryl methyl sites for hydroxylation is 1. The molecule has 6 heteroatoms. The van der Waals surface area contributed by atoms with Crippen molar-refractivity contribution in [3.63, 3.8) is 0 Å². The van der Waals surface area contributed by atoms with Crippen LogP contribution in [0.4, 0.5) is 5.69 Å². The summed E-state index contributed by atoms with van der Waals surface area (Å²) in [4.78, 5) is 14.9. The number of aromatic nitrogens is 1. The van der Waals surface area contributed by atoms with E-state index in [0.29, 0.717) is 10.4 Å². The molecule has 1 heterocycles. The highest BCUT2D eigenvalue weighted by Gasteiger charge is 2.13. The highest BCUT2D eigenvalue weighted by atomic mass is 35.5. The highest BCUT2D eigenvalue weighted by Crippen LogP contribution is 2.36. The van der Waals surface area contributed by atoms with E-state index in [0.717, 1.165) is 11.1 Å². The molecule has 5 nitrogen and oxygen atoms in total. The second kappa shape index (κ2) is 5.61. The lowest BCUT2D eigenvalue weighted by molar-refractivity contribution is 0.0995. The Bertz CT molecular complexity index is 900. The highest BCUT2D eigenvalue weighted by molar-refractivity contribution is 6.33. The molecule has 0 spiro atoms. The number of hydrogen-bond donors (Lipinski definition) is 2. The number of aromatic hydroxyl groups is 1. The molecule has 110 valence electrons. The number of nitrogens with one attached hydrogen (secondary N) is 1. The van der Waals surface area contributed by atoms with Gasteiger partial charge >= 0.3 is 0 Å². The molecule has 1 amide bonds. The van der Waals surface area contributed by atoms with Crippen LogP contribution in [0.15, 0.2) is 52.7 Å². The number of amides is 1. The van der Waals surface area contributed by atoms with E-state index in [1.165, 1.54) is 0 Å². The Balaban J connectivity index is 2.00. The number of carbonyl (C=O) groups is 1. The molecule has 0 unspecified atom stereocenters. The summed E-state index contributed by atoms with van der Waals surface area (Å²) in [5.74, 6) is -0.688. The smallest absolute Gasteiger partial charge is 0.296 e. The van der Waals surface area contributed by atoms with Crippen LogP contribution in [0.3, 0.4) is 0 Å². The lowest BCUT2D eigenvalue weighted by atomic mass is 10.1. The number of hydrogen-bond acceptors (Lipinski definition) is 3. The summed E-state index contributed by atoms with van der Waals surface area (Å²) in [5, 5.41) is 18.5. The molecule has 0 saturated heterocycles. The Hall–Kier alpha value is -2.66. The van der Waals surface area contributed by atoms with Gasteiger partial charge in [0.25, 0.3) is 5.91 Å². The molecule has 1 aromatic heterocycles.